The van der Waals surface area contributed by atoms with Crippen LogP contribution in [-0.4, -0.2) is 16.7 Å². The van der Waals surface area contributed by atoms with Gasteiger partial charge in [0.15, 0.2) is 0 Å². The molecule has 2 aromatic rings. The summed E-state index contributed by atoms with van der Waals surface area (Å²) in [6, 6.07) is 6.24. The molecule has 3 N–H and O–H groups in total. The van der Waals surface area contributed by atoms with Crippen molar-refractivity contribution in [3.8, 4) is 0 Å². The number of H-pyrrole nitrogens is 1. The molecule has 0 saturated carbocycles. The number of benzene rings is 1. The number of fused-ring (bicyclic) bond motifs is 1. The zero-order chi connectivity index (χ0) is 8.39. The molecule has 2 rings (SSSR count). The molecular formula is C9H11N3. The highest BCUT2D eigenvalue weighted by Gasteiger charge is 1.96. The number of hydrogen-bond acceptors (Lipinski definition) is 2. The van der Waals surface area contributed by atoms with E-state index in [4.69, 9.17) is 5.73 Å². The first kappa shape index (κ1) is 7.31. The fourth-order valence-corrected chi connectivity index (χ4v) is 1.31. The number of rotatable bonds is 2. The van der Waals surface area contributed by atoms with E-state index in [1.165, 1.54) is 5.56 Å². The van der Waals surface area contributed by atoms with E-state index in [2.05, 4.69) is 28.4 Å². The van der Waals surface area contributed by atoms with Gasteiger partial charge in [0.25, 0.3) is 0 Å². The third-order valence-corrected chi connectivity index (χ3v) is 1.94. The smallest absolute Gasteiger partial charge is 0.0653 e. The average Bonchev–Trinajstić information content (AvgIpc) is 2.51. The van der Waals surface area contributed by atoms with E-state index in [9.17, 15) is 0 Å². The molecule has 0 aliphatic rings. The molecule has 0 atom stereocenters. The van der Waals surface area contributed by atoms with Gasteiger partial charge in [0.05, 0.1) is 11.7 Å². The minimum atomic E-state index is 0.694. The molecule has 1 heterocycles. The Hall–Kier alpha value is -1.35. The molecule has 0 aliphatic heterocycles. The van der Waals surface area contributed by atoms with E-state index in [0.717, 1.165) is 17.3 Å². The number of nitrogens with two attached hydrogens (primary N) is 1. The standard InChI is InChI=1S/C9H11N3/c10-4-3-7-1-2-8-6-11-12-9(8)5-7/h1-2,5-6H,3-4,10H2,(H,11,12). The molecule has 0 fully saturated rings. The Kier molecular flexibility index (Phi) is 1.80. The Labute approximate surface area is 70.6 Å². The van der Waals surface area contributed by atoms with Gasteiger partial charge in [-0.15, -0.1) is 0 Å². The van der Waals surface area contributed by atoms with Gasteiger partial charge in [0.2, 0.25) is 0 Å². The third kappa shape index (κ3) is 1.19. The van der Waals surface area contributed by atoms with Crippen LogP contribution in [0.2, 0.25) is 0 Å². The van der Waals surface area contributed by atoms with Gasteiger partial charge in [-0.3, -0.25) is 5.10 Å². The third-order valence-electron chi connectivity index (χ3n) is 1.94. The maximum absolute atomic E-state index is 5.45. The van der Waals surface area contributed by atoms with E-state index >= 15 is 0 Å². The molecule has 0 unspecified atom stereocenters. The van der Waals surface area contributed by atoms with Gasteiger partial charge in [-0.1, -0.05) is 12.1 Å². The molecule has 0 bridgehead atoms. The highest BCUT2D eigenvalue weighted by molar-refractivity contribution is 5.78. The summed E-state index contributed by atoms with van der Waals surface area (Å²) in [5.74, 6) is 0. The van der Waals surface area contributed by atoms with Crippen molar-refractivity contribution in [2.45, 2.75) is 6.42 Å². The quantitative estimate of drug-likeness (QED) is 0.692. The SMILES string of the molecule is NCCc1ccc2cn[nH]c2c1. The van der Waals surface area contributed by atoms with Crippen molar-refractivity contribution in [2.24, 2.45) is 5.73 Å². The van der Waals surface area contributed by atoms with Gasteiger partial charge in [-0.25, -0.2) is 0 Å². The molecule has 0 saturated heterocycles. The van der Waals surface area contributed by atoms with Gasteiger partial charge in [0.1, 0.15) is 0 Å². The minimum Gasteiger partial charge on any atom is -0.330 e. The number of nitrogens with zero attached hydrogens (tertiary/aromatic N) is 1. The van der Waals surface area contributed by atoms with Crippen molar-refractivity contribution in [3.05, 3.63) is 30.0 Å². The van der Waals surface area contributed by atoms with Crippen LogP contribution in [0.4, 0.5) is 0 Å². The van der Waals surface area contributed by atoms with E-state index in [-0.39, 0.29) is 0 Å². The second kappa shape index (κ2) is 2.95. The van der Waals surface area contributed by atoms with E-state index < -0.39 is 0 Å². The molecule has 0 radical (unpaired) electrons. The Morgan fingerprint density at radius 3 is 3.17 bits per heavy atom. The molecular weight excluding hydrogens is 150 g/mol. The van der Waals surface area contributed by atoms with Crippen LogP contribution in [0, 0.1) is 0 Å². The maximum atomic E-state index is 5.45. The Balaban J connectivity index is 2.46. The van der Waals surface area contributed by atoms with Crippen LogP contribution in [-0.2, 0) is 6.42 Å². The van der Waals surface area contributed by atoms with Gasteiger partial charge < -0.3 is 5.73 Å². The first-order valence-corrected chi connectivity index (χ1v) is 4.02. The second-order valence-electron chi connectivity index (χ2n) is 2.83. The number of aromatic amines is 1. The topological polar surface area (TPSA) is 54.7 Å². The zero-order valence-electron chi connectivity index (χ0n) is 6.75. The molecule has 1 aromatic carbocycles. The summed E-state index contributed by atoms with van der Waals surface area (Å²) in [5, 5.41) is 8.02. The van der Waals surface area contributed by atoms with Gasteiger partial charge in [0, 0.05) is 5.39 Å². The van der Waals surface area contributed by atoms with Crippen LogP contribution in [0.25, 0.3) is 10.9 Å². The summed E-state index contributed by atoms with van der Waals surface area (Å²) < 4.78 is 0. The Bertz CT molecular complexity index is 378. The monoisotopic (exact) mass is 161 g/mol. The summed E-state index contributed by atoms with van der Waals surface area (Å²) in [7, 11) is 0. The van der Waals surface area contributed by atoms with E-state index in [1.54, 1.807) is 0 Å². The van der Waals surface area contributed by atoms with Crippen molar-refractivity contribution in [1.29, 1.82) is 0 Å². The predicted molar refractivity (Wildman–Crippen MR) is 48.9 cm³/mol. The van der Waals surface area contributed by atoms with Crippen LogP contribution in [0.15, 0.2) is 24.4 Å². The maximum Gasteiger partial charge on any atom is 0.0653 e. The van der Waals surface area contributed by atoms with E-state index in [0.29, 0.717) is 6.54 Å². The van der Waals surface area contributed by atoms with Crippen molar-refractivity contribution in [3.63, 3.8) is 0 Å². The van der Waals surface area contributed by atoms with Crippen LogP contribution < -0.4 is 5.73 Å². The highest BCUT2D eigenvalue weighted by Crippen LogP contribution is 2.12. The molecule has 12 heavy (non-hydrogen) atoms. The van der Waals surface area contributed by atoms with Crippen molar-refractivity contribution >= 4 is 10.9 Å². The molecule has 0 amide bonds. The molecule has 3 nitrogen and oxygen atoms in total. The number of hydrogen-bond donors (Lipinski definition) is 2. The van der Waals surface area contributed by atoms with Crippen molar-refractivity contribution in [2.75, 3.05) is 6.54 Å². The minimum absolute atomic E-state index is 0.694. The zero-order valence-corrected chi connectivity index (χ0v) is 6.75. The summed E-state index contributed by atoms with van der Waals surface area (Å²) in [5.41, 5.74) is 7.80. The van der Waals surface area contributed by atoms with Gasteiger partial charge in [-0.05, 0) is 24.6 Å². The van der Waals surface area contributed by atoms with Gasteiger partial charge in [-0.2, -0.15) is 5.10 Å². The summed E-state index contributed by atoms with van der Waals surface area (Å²) >= 11 is 0. The lowest BCUT2D eigenvalue weighted by Crippen LogP contribution is -2.02. The fourth-order valence-electron chi connectivity index (χ4n) is 1.31. The van der Waals surface area contributed by atoms with Gasteiger partial charge >= 0.3 is 0 Å². The summed E-state index contributed by atoms with van der Waals surface area (Å²) in [6.07, 6.45) is 2.75. The highest BCUT2D eigenvalue weighted by atomic mass is 15.1. The lowest BCUT2D eigenvalue weighted by atomic mass is 10.1. The summed E-state index contributed by atoms with van der Waals surface area (Å²) in [4.78, 5) is 0. The van der Waals surface area contributed by atoms with Crippen LogP contribution in [0.5, 0.6) is 0 Å². The molecule has 62 valence electrons. The predicted octanol–water partition coefficient (Wildman–Crippen LogP) is 1.06. The largest absolute Gasteiger partial charge is 0.330 e. The fraction of sp³-hybridized carbons (Fsp3) is 0.222. The first-order valence-electron chi connectivity index (χ1n) is 4.02. The lowest BCUT2D eigenvalue weighted by Gasteiger charge is -1.96. The first-order chi connectivity index (χ1) is 5.90. The van der Waals surface area contributed by atoms with Crippen molar-refractivity contribution < 1.29 is 0 Å². The normalized spacial score (nSPS) is 10.8. The molecule has 3 heteroatoms. The van der Waals surface area contributed by atoms with Crippen LogP contribution in [0.3, 0.4) is 0 Å². The van der Waals surface area contributed by atoms with Crippen molar-refractivity contribution in [1.82, 2.24) is 10.2 Å². The average molecular weight is 161 g/mol. The number of nitrogens with one attached hydrogen (secondary N) is 1. The lowest BCUT2D eigenvalue weighted by molar-refractivity contribution is 0.970. The molecule has 0 aliphatic carbocycles. The Morgan fingerprint density at radius 2 is 2.33 bits per heavy atom. The Morgan fingerprint density at radius 1 is 1.42 bits per heavy atom. The van der Waals surface area contributed by atoms with E-state index in [1.807, 2.05) is 6.20 Å². The van der Waals surface area contributed by atoms with Crippen LogP contribution >= 0.6 is 0 Å². The molecule has 1 aromatic heterocycles. The number of aromatic nitrogens is 2. The van der Waals surface area contributed by atoms with Crippen LogP contribution in [0.1, 0.15) is 5.56 Å². The summed E-state index contributed by atoms with van der Waals surface area (Å²) in [6.45, 7) is 0.694. The molecule has 0 spiro atoms. The second-order valence-corrected chi connectivity index (χ2v) is 2.83.